The molecule has 0 aliphatic carbocycles. The van der Waals surface area contributed by atoms with Gasteiger partial charge in [0, 0.05) is 10.8 Å². The third kappa shape index (κ3) is 2.37. The van der Waals surface area contributed by atoms with Gasteiger partial charge >= 0.3 is 0 Å². The number of hydrogen-bond acceptors (Lipinski definition) is 4. The molecule has 1 atom stereocenters. The first-order valence-electron chi connectivity index (χ1n) is 8.54. The lowest BCUT2D eigenvalue weighted by Gasteiger charge is -2.13. The van der Waals surface area contributed by atoms with Crippen molar-refractivity contribution in [2.24, 2.45) is 0 Å². The molecule has 126 valence electrons. The van der Waals surface area contributed by atoms with Crippen LogP contribution in [0.15, 0.2) is 73.1 Å². The van der Waals surface area contributed by atoms with Crippen molar-refractivity contribution in [3.8, 4) is 5.75 Å². The molecular formula is C21H16N4O. The molecule has 0 N–H and O–H groups in total. The Bertz CT molecular complexity index is 1240. The Kier molecular flexibility index (Phi) is 3.31. The average molecular weight is 340 g/mol. The molecule has 0 unspecified atom stereocenters. The summed E-state index contributed by atoms with van der Waals surface area (Å²) < 4.78 is 7.91. The Hall–Kier alpha value is -3.47. The van der Waals surface area contributed by atoms with Crippen LogP contribution in [0, 0.1) is 0 Å². The number of rotatable bonds is 3. The van der Waals surface area contributed by atoms with E-state index in [1.807, 2.05) is 55.5 Å². The fraction of sp³-hybridized carbons (Fsp3) is 0.0952. The van der Waals surface area contributed by atoms with E-state index in [0.717, 1.165) is 33.1 Å². The lowest BCUT2D eigenvalue weighted by molar-refractivity contribution is 0.219. The van der Waals surface area contributed by atoms with Gasteiger partial charge in [-0.1, -0.05) is 48.5 Å². The summed E-state index contributed by atoms with van der Waals surface area (Å²) in [6, 6.07) is 22.2. The Morgan fingerprint density at radius 3 is 2.58 bits per heavy atom. The zero-order chi connectivity index (χ0) is 17.5. The van der Waals surface area contributed by atoms with Gasteiger partial charge < -0.3 is 4.74 Å². The van der Waals surface area contributed by atoms with E-state index in [4.69, 9.17) is 9.72 Å². The second-order valence-corrected chi connectivity index (χ2v) is 6.24. The predicted molar refractivity (Wildman–Crippen MR) is 101 cm³/mol. The van der Waals surface area contributed by atoms with Crippen molar-refractivity contribution in [1.29, 1.82) is 0 Å². The van der Waals surface area contributed by atoms with Crippen molar-refractivity contribution in [3.05, 3.63) is 78.9 Å². The topological polar surface area (TPSA) is 52.3 Å². The van der Waals surface area contributed by atoms with E-state index in [9.17, 15) is 0 Å². The van der Waals surface area contributed by atoms with Crippen molar-refractivity contribution in [2.45, 2.75) is 13.0 Å². The molecule has 0 amide bonds. The zero-order valence-electron chi connectivity index (χ0n) is 14.2. The molecule has 0 saturated heterocycles. The van der Waals surface area contributed by atoms with Crippen LogP contribution in [0.5, 0.6) is 5.75 Å². The summed E-state index contributed by atoms with van der Waals surface area (Å²) >= 11 is 0. The van der Waals surface area contributed by atoms with E-state index in [0.29, 0.717) is 5.82 Å². The van der Waals surface area contributed by atoms with Crippen LogP contribution in [-0.2, 0) is 0 Å². The molecule has 0 spiro atoms. The summed E-state index contributed by atoms with van der Waals surface area (Å²) in [5.74, 6) is 1.47. The van der Waals surface area contributed by atoms with Gasteiger partial charge in [-0.15, -0.1) is 5.10 Å². The van der Waals surface area contributed by atoms with E-state index in [-0.39, 0.29) is 6.10 Å². The predicted octanol–water partition coefficient (Wildman–Crippen LogP) is 4.57. The van der Waals surface area contributed by atoms with Gasteiger partial charge in [0.25, 0.3) is 0 Å². The van der Waals surface area contributed by atoms with Crippen molar-refractivity contribution in [3.63, 3.8) is 0 Å². The molecule has 0 aliphatic heterocycles. The Morgan fingerprint density at radius 2 is 1.65 bits per heavy atom. The minimum Gasteiger partial charge on any atom is -0.482 e. The second kappa shape index (κ2) is 5.81. The highest BCUT2D eigenvalue weighted by atomic mass is 16.5. The van der Waals surface area contributed by atoms with Crippen molar-refractivity contribution >= 4 is 27.3 Å². The maximum Gasteiger partial charge on any atom is 0.192 e. The highest BCUT2D eigenvalue weighted by Crippen LogP contribution is 2.29. The van der Waals surface area contributed by atoms with Crippen molar-refractivity contribution in [1.82, 2.24) is 19.6 Å². The van der Waals surface area contributed by atoms with Gasteiger partial charge in [0.1, 0.15) is 12.1 Å². The maximum absolute atomic E-state index is 6.20. The number of fused-ring (bicyclic) bond motifs is 4. The van der Waals surface area contributed by atoms with Gasteiger partial charge in [-0.3, -0.25) is 0 Å². The first-order chi connectivity index (χ1) is 12.8. The molecule has 2 heterocycles. The monoisotopic (exact) mass is 340 g/mol. The lowest BCUT2D eigenvalue weighted by Crippen LogP contribution is -2.05. The fourth-order valence-electron chi connectivity index (χ4n) is 3.21. The van der Waals surface area contributed by atoms with Gasteiger partial charge in [-0.05, 0) is 30.5 Å². The lowest BCUT2D eigenvalue weighted by atomic mass is 10.1. The number of hydrogen-bond donors (Lipinski definition) is 0. The molecule has 5 nitrogen and oxygen atoms in total. The summed E-state index contributed by atoms with van der Waals surface area (Å²) in [6.07, 6.45) is 1.41. The van der Waals surface area contributed by atoms with Crippen LogP contribution < -0.4 is 4.74 Å². The molecule has 5 rings (SSSR count). The molecule has 0 radical (unpaired) electrons. The number of ether oxygens (including phenoxy) is 1. The third-order valence-corrected chi connectivity index (χ3v) is 4.52. The highest BCUT2D eigenvalue weighted by Gasteiger charge is 2.16. The Balaban J connectivity index is 1.56. The van der Waals surface area contributed by atoms with E-state index < -0.39 is 0 Å². The second-order valence-electron chi connectivity index (χ2n) is 6.24. The van der Waals surface area contributed by atoms with Crippen LogP contribution in [0.1, 0.15) is 18.9 Å². The van der Waals surface area contributed by atoms with Crippen LogP contribution in [0.3, 0.4) is 0 Å². The van der Waals surface area contributed by atoms with Gasteiger partial charge in [0.2, 0.25) is 0 Å². The molecule has 5 heteroatoms. The fourth-order valence-corrected chi connectivity index (χ4v) is 3.21. The van der Waals surface area contributed by atoms with E-state index in [1.54, 1.807) is 10.8 Å². The SMILES string of the molecule is C[C@H](Oc1cccc2ccccc12)c1nc2c3ccccc3ncn2n1. The van der Waals surface area contributed by atoms with E-state index in [1.165, 1.54) is 0 Å². The first kappa shape index (κ1) is 14.8. The summed E-state index contributed by atoms with van der Waals surface area (Å²) in [7, 11) is 0. The van der Waals surface area contributed by atoms with Crippen LogP contribution in [0.2, 0.25) is 0 Å². The Labute approximate surface area is 149 Å². The molecule has 26 heavy (non-hydrogen) atoms. The molecule has 0 saturated carbocycles. The normalized spacial score (nSPS) is 12.7. The van der Waals surface area contributed by atoms with Gasteiger partial charge in [-0.25, -0.2) is 14.5 Å². The summed E-state index contributed by atoms with van der Waals surface area (Å²) in [6.45, 7) is 1.96. The molecule has 5 aromatic rings. The average Bonchev–Trinajstić information content (AvgIpc) is 3.13. The largest absolute Gasteiger partial charge is 0.482 e. The molecule has 0 aliphatic rings. The number of nitrogens with zero attached hydrogens (tertiary/aromatic N) is 4. The molecule has 3 aromatic carbocycles. The van der Waals surface area contributed by atoms with Crippen molar-refractivity contribution in [2.75, 3.05) is 0 Å². The number of benzene rings is 3. The minimum atomic E-state index is -0.278. The maximum atomic E-state index is 6.20. The van der Waals surface area contributed by atoms with Gasteiger partial charge in [0.05, 0.1) is 5.52 Å². The van der Waals surface area contributed by atoms with Crippen LogP contribution in [0.25, 0.3) is 27.3 Å². The number of aromatic nitrogens is 4. The van der Waals surface area contributed by atoms with E-state index in [2.05, 4.69) is 28.3 Å². The third-order valence-electron chi connectivity index (χ3n) is 4.52. The highest BCUT2D eigenvalue weighted by molar-refractivity contribution is 5.90. The van der Waals surface area contributed by atoms with Gasteiger partial charge in [0.15, 0.2) is 17.6 Å². The quantitative estimate of drug-likeness (QED) is 0.483. The minimum absolute atomic E-state index is 0.278. The van der Waals surface area contributed by atoms with Gasteiger partial charge in [-0.2, -0.15) is 0 Å². The Morgan fingerprint density at radius 1 is 0.885 bits per heavy atom. The zero-order valence-corrected chi connectivity index (χ0v) is 14.2. The summed E-state index contributed by atoms with van der Waals surface area (Å²) in [5, 5.41) is 7.76. The van der Waals surface area contributed by atoms with Crippen molar-refractivity contribution < 1.29 is 4.74 Å². The summed E-state index contributed by atoms with van der Waals surface area (Å²) in [4.78, 5) is 9.13. The van der Waals surface area contributed by atoms with E-state index >= 15 is 0 Å². The molecule has 0 fully saturated rings. The molecule has 2 aromatic heterocycles. The smallest absolute Gasteiger partial charge is 0.192 e. The standard InChI is InChI=1S/C21H16N4O/c1-14(26-19-12-6-8-15-7-2-3-9-16(15)19)20-23-21-17-10-4-5-11-18(17)22-13-25(21)24-20/h2-14H,1H3/t14-/m0/s1. The van der Waals surface area contributed by atoms with Crippen LogP contribution in [-0.4, -0.2) is 19.6 Å². The summed E-state index contributed by atoms with van der Waals surface area (Å²) in [5.41, 5.74) is 1.69. The number of para-hydroxylation sites is 1. The van der Waals surface area contributed by atoms with Crippen LogP contribution in [0.4, 0.5) is 0 Å². The van der Waals surface area contributed by atoms with Crippen LogP contribution >= 0.6 is 0 Å². The molecular weight excluding hydrogens is 324 g/mol. The molecule has 0 bridgehead atoms. The first-order valence-corrected chi connectivity index (χ1v) is 8.54.